The van der Waals surface area contributed by atoms with Crippen molar-refractivity contribution < 1.29 is 40.7 Å². The normalized spacial score (nSPS) is 16.1. The molecule has 3 aromatic carbocycles. The molecule has 1 heterocycles. The SMILES string of the molecule is O=C(Cc1ccc(CC2COCCN(C(=O)OCc3ccccc3)C2)cc1)NS(=O)(=O)c1cccc(C(F)(F)F)c1. The molecular weight excluding hydrogens is 561 g/mol. The van der Waals surface area contributed by atoms with Gasteiger partial charge in [0.2, 0.25) is 5.91 Å². The van der Waals surface area contributed by atoms with Crippen LogP contribution in [0, 0.1) is 5.92 Å². The molecule has 1 saturated heterocycles. The number of ether oxygens (including phenoxy) is 2. The van der Waals surface area contributed by atoms with E-state index in [9.17, 15) is 31.2 Å². The van der Waals surface area contributed by atoms with Crippen LogP contribution >= 0.6 is 0 Å². The Morgan fingerprint density at radius 2 is 1.66 bits per heavy atom. The van der Waals surface area contributed by atoms with Gasteiger partial charge in [0.1, 0.15) is 6.61 Å². The van der Waals surface area contributed by atoms with Gasteiger partial charge in [-0.15, -0.1) is 0 Å². The van der Waals surface area contributed by atoms with Crippen molar-refractivity contribution in [1.29, 1.82) is 0 Å². The Morgan fingerprint density at radius 1 is 0.951 bits per heavy atom. The number of sulfonamides is 1. The predicted molar refractivity (Wildman–Crippen MR) is 143 cm³/mol. The van der Waals surface area contributed by atoms with E-state index in [-0.39, 0.29) is 18.9 Å². The van der Waals surface area contributed by atoms with Gasteiger partial charge in [0, 0.05) is 19.0 Å². The van der Waals surface area contributed by atoms with Gasteiger partial charge in [-0.2, -0.15) is 13.2 Å². The summed E-state index contributed by atoms with van der Waals surface area (Å²) >= 11 is 0. The van der Waals surface area contributed by atoms with Crippen molar-refractivity contribution >= 4 is 22.0 Å². The summed E-state index contributed by atoms with van der Waals surface area (Å²) < 4.78 is 76.7. The number of alkyl halides is 3. The van der Waals surface area contributed by atoms with E-state index in [1.54, 1.807) is 29.2 Å². The zero-order valence-electron chi connectivity index (χ0n) is 22.0. The minimum absolute atomic E-state index is 0.00790. The summed E-state index contributed by atoms with van der Waals surface area (Å²) in [5.74, 6) is -0.870. The number of benzene rings is 3. The van der Waals surface area contributed by atoms with Crippen LogP contribution in [0.4, 0.5) is 18.0 Å². The van der Waals surface area contributed by atoms with Crippen LogP contribution in [0.5, 0.6) is 0 Å². The number of carbonyl (C=O) groups excluding carboxylic acids is 2. The van der Waals surface area contributed by atoms with Crippen LogP contribution in [0.3, 0.4) is 0 Å². The highest BCUT2D eigenvalue weighted by atomic mass is 32.2. The van der Waals surface area contributed by atoms with Crippen molar-refractivity contribution in [2.24, 2.45) is 5.92 Å². The average Bonchev–Trinajstić information content (AvgIpc) is 3.18. The zero-order valence-corrected chi connectivity index (χ0v) is 22.8. The molecule has 1 atom stereocenters. The monoisotopic (exact) mass is 590 g/mol. The lowest BCUT2D eigenvalue weighted by atomic mass is 9.98. The lowest BCUT2D eigenvalue weighted by Gasteiger charge is -2.23. The Labute approximate surface area is 236 Å². The molecule has 4 rings (SSSR count). The number of halogens is 3. The summed E-state index contributed by atoms with van der Waals surface area (Å²) in [4.78, 5) is 26.0. The average molecular weight is 591 g/mol. The molecule has 0 radical (unpaired) electrons. The first-order valence-electron chi connectivity index (χ1n) is 12.8. The van der Waals surface area contributed by atoms with Crippen LogP contribution in [0.15, 0.2) is 83.8 Å². The molecule has 1 N–H and O–H groups in total. The van der Waals surface area contributed by atoms with E-state index in [4.69, 9.17) is 9.47 Å². The Kier molecular flexibility index (Phi) is 9.66. The molecule has 1 unspecified atom stereocenters. The van der Waals surface area contributed by atoms with Crippen molar-refractivity contribution in [1.82, 2.24) is 9.62 Å². The van der Waals surface area contributed by atoms with Crippen LogP contribution in [0.25, 0.3) is 0 Å². The summed E-state index contributed by atoms with van der Waals surface area (Å²) in [5, 5.41) is 0. The fraction of sp³-hybridized carbons (Fsp3) is 0.310. The first-order valence-corrected chi connectivity index (χ1v) is 14.3. The van der Waals surface area contributed by atoms with Crippen LogP contribution in [0.2, 0.25) is 0 Å². The third-order valence-electron chi connectivity index (χ3n) is 6.43. The van der Waals surface area contributed by atoms with Gasteiger partial charge in [0.05, 0.1) is 30.1 Å². The molecule has 1 aliphatic rings. The molecule has 0 saturated carbocycles. The molecule has 1 aliphatic heterocycles. The quantitative estimate of drug-likeness (QED) is 0.412. The second kappa shape index (κ2) is 13.2. The highest BCUT2D eigenvalue weighted by Crippen LogP contribution is 2.30. The van der Waals surface area contributed by atoms with Gasteiger partial charge in [0.25, 0.3) is 10.0 Å². The van der Waals surface area contributed by atoms with Crippen LogP contribution in [0.1, 0.15) is 22.3 Å². The molecule has 0 spiro atoms. The molecule has 12 heteroatoms. The molecule has 8 nitrogen and oxygen atoms in total. The first-order chi connectivity index (χ1) is 19.5. The molecular formula is C29H29F3N2O6S. The van der Waals surface area contributed by atoms with Gasteiger partial charge in [0.15, 0.2) is 0 Å². The number of hydrogen-bond acceptors (Lipinski definition) is 6. The molecule has 41 heavy (non-hydrogen) atoms. The van der Waals surface area contributed by atoms with Crippen LogP contribution in [-0.2, 0) is 49.9 Å². The summed E-state index contributed by atoms with van der Waals surface area (Å²) in [7, 11) is -4.48. The van der Waals surface area contributed by atoms with E-state index in [2.05, 4.69) is 0 Å². The molecule has 0 aromatic heterocycles. The molecule has 1 fully saturated rings. The van der Waals surface area contributed by atoms with Crippen molar-refractivity contribution in [2.45, 2.75) is 30.5 Å². The summed E-state index contributed by atoms with van der Waals surface area (Å²) in [5.41, 5.74) is 1.22. The van der Waals surface area contributed by atoms with Crippen molar-refractivity contribution in [3.05, 3.63) is 101 Å². The number of rotatable bonds is 8. The minimum Gasteiger partial charge on any atom is -0.445 e. The van der Waals surface area contributed by atoms with Gasteiger partial charge in [-0.3, -0.25) is 4.79 Å². The number of nitrogens with one attached hydrogen (secondary N) is 1. The number of hydrogen-bond donors (Lipinski definition) is 1. The van der Waals surface area contributed by atoms with E-state index >= 15 is 0 Å². The first kappa shape index (κ1) is 30.1. The van der Waals surface area contributed by atoms with Crippen LogP contribution in [-0.4, -0.2) is 51.6 Å². The van der Waals surface area contributed by atoms with Crippen LogP contribution < -0.4 is 4.72 Å². The van der Waals surface area contributed by atoms with Gasteiger partial charge in [-0.05, 0) is 41.3 Å². The highest BCUT2D eigenvalue weighted by molar-refractivity contribution is 7.90. The number of carbonyl (C=O) groups is 2. The lowest BCUT2D eigenvalue weighted by molar-refractivity contribution is -0.137. The number of nitrogens with zero attached hydrogens (tertiary/aromatic N) is 1. The molecule has 0 aliphatic carbocycles. The maximum atomic E-state index is 12.9. The molecule has 0 bridgehead atoms. The summed E-state index contributed by atoms with van der Waals surface area (Å²) in [6, 6.07) is 19.5. The van der Waals surface area contributed by atoms with E-state index in [0.29, 0.717) is 44.4 Å². The van der Waals surface area contributed by atoms with Gasteiger partial charge in [-0.25, -0.2) is 17.9 Å². The zero-order chi connectivity index (χ0) is 29.5. The second-order valence-electron chi connectivity index (χ2n) is 9.68. The molecule has 2 amide bonds. The smallest absolute Gasteiger partial charge is 0.416 e. The fourth-order valence-electron chi connectivity index (χ4n) is 4.38. The lowest BCUT2D eigenvalue weighted by Crippen LogP contribution is -2.36. The van der Waals surface area contributed by atoms with E-state index in [1.165, 1.54) is 0 Å². The Morgan fingerprint density at radius 3 is 2.37 bits per heavy atom. The van der Waals surface area contributed by atoms with Crippen molar-refractivity contribution in [2.75, 3.05) is 26.3 Å². The predicted octanol–water partition coefficient (Wildman–Crippen LogP) is 4.58. The third kappa shape index (κ3) is 8.79. The topological polar surface area (TPSA) is 102 Å². The highest BCUT2D eigenvalue weighted by Gasteiger charge is 2.32. The van der Waals surface area contributed by atoms with E-state index in [1.807, 2.05) is 35.1 Å². The van der Waals surface area contributed by atoms with Crippen molar-refractivity contribution in [3.63, 3.8) is 0 Å². The maximum Gasteiger partial charge on any atom is 0.416 e. The van der Waals surface area contributed by atoms with E-state index in [0.717, 1.165) is 29.3 Å². The van der Waals surface area contributed by atoms with Gasteiger partial charge < -0.3 is 14.4 Å². The largest absolute Gasteiger partial charge is 0.445 e. The fourth-order valence-corrected chi connectivity index (χ4v) is 5.41. The summed E-state index contributed by atoms with van der Waals surface area (Å²) in [6.07, 6.45) is -4.82. The standard InChI is InChI=1S/C29H29F3N2O6S/c30-29(31,32)25-7-4-8-26(17-25)41(37,38)33-27(35)16-22-11-9-21(10-12-22)15-24-18-34(13-14-39-19-24)28(36)40-20-23-5-2-1-3-6-23/h1-12,17,24H,13-16,18-20H2,(H,33,35). The number of amides is 2. The van der Waals surface area contributed by atoms with Gasteiger partial charge >= 0.3 is 12.3 Å². The Balaban J connectivity index is 1.30. The molecule has 218 valence electrons. The van der Waals surface area contributed by atoms with Gasteiger partial charge in [-0.1, -0.05) is 60.7 Å². The van der Waals surface area contributed by atoms with E-state index < -0.39 is 38.7 Å². The third-order valence-corrected chi connectivity index (χ3v) is 7.80. The molecule has 3 aromatic rings. The maximum absolute atomic E-state index is 12.9. The summed E-state index contributed by atoms with van der Waals surface area (Å²) in [6.45, 7) is 1.90. The minimum atomic E-state index is -4.72. The Hall–Kier alpha value is -3.90. The Bertz CT molecular complexity index is 1450. The van der Waals surface area contributed by atoms with Crippen molar-refractivity contribution in [3.8, 4) is 0 Å². The second-order valence-corrected chi connectivity index (χ2v) is 11.4.